The first-order valence-electron chi connectivity index (χ1n) is 19.1. The highest BCUT2D eigenvalue weighted by Crippen LogP contribution is 2.45. The molecule has 4 nitrogen and oxygen atoms in total. The van der Waals surface area contributed by atoms with Gasteiger partial charge < -0.3 is 4.42 Å². The van der Waals surface area contributed by atoms with Crippen LogP contribution >= 0.6 is 0 Å². The van der Waals surface area contributed by atoms with Crippen molar-refractivity contribution in [1.82, 2.24) is 14.5 Å². The van der Waals surface area contributed by atoms with Crippen LogP contribution in [0.2, 0.25) is 0 Å². The number of aromatic nitrogens is 3. The third kappa shape index (κ3) is 4.02. The number of hydrogen-bond donors (Lipinski definition) is 0. The Balaban J connectivity index is 1.24. The largest absolute Gasteiger partial charge is 0.436 e. The zero-order valence-electron chi connectivity index (χ0n) is 30.0. The lowest BCUT2D eigenvalue weighted by atomic mass is 9.91. The van der Waals surface area contributed by atoms with Gasteiger partial charge in [0.05, 0.1) is 11.0 Å². The van der Waals surface area contributed by atoms with Crippen molar-refractivity contribution in [3.05, 3.63) is 176 Å². The lowest BCUT2D eigenvalue weighted by Crippen LogP contribution is -2.03. The van der Waals surface area contributed by atoms with E-state index >= 15 is 0 Å². The first-order valence-corrected chi connectivity index (χ1v) is 19.1. The van der Waals surface area contributed by atoms with E-state index in [4.69, 9.17) is 14.4 Å². The molecule has 10 aromatic carbocycles. The molecule has 3 aromatic heterocycles. The molecule has 0 aliphatic rings. The van der Waals surface area contributed by atoms with Gasteiger partial charge in [-0.25, -0.2) is 9.97 Å². The molecule has 0 fully saturated rings. The molecule has 258 valence electrons. The molecule has 0 unspecified atom stereocenters. The van der Waals surface area contributed by atoms with Crippen LogP contribution in [0, 0.1) is 0 Å². The van der Waals surface area contributed by atoms with Crippen LogP contribution in [-0.4, -0.2) is 14.5 Å². The van der Waals surface area contributed by atoms with Crippen molar-refractivity contribution in [3.8, 4) is 17.1 Å². The van der Waals surface area contributed by atoms with Gasteiger partial charge in [0.25, 0.3) is 0 Å². The summed E-state index contributed by atoms with van der Waals surface area (Å²) in [5.41, 5.74) is 5.95. The van der Waals surface area contributed by atoms with Crippen molar-refractivity contribution in [2.24, 2.45) is 0 Å². The molecule has 0 saturated heterocycles. The number of fused-ring (bicyclic) bond motifs is 17. The van der Waals surface area contributed by atoms with Crippen molar-refractivity contribution in [3.63, 3.8) is 0 Å². The van der Waals surface area contributed by atoms with Crippen molar-refractivity contribution >= 4 is 109 Å². The maximum Gasteiger partial charge on any atom is 0.247 e. The number of nitrogens with zero attached hydrogens (tertiary/aromatic N) is 3. The van der Waals surface area contributed by atoms with Crippen LogP contribution in [0.3, 0.4) is 0 Å². The van der Waals surface area contributed by atoms with Gasteiger partial charge in [0, 0.05) is 27.1 Å². The SMILES string of the molecule is c1ccc2cc3c(cc2c1)c1c2c4ccccc4c4ccccc4c2ccc1n3-c1nc2c(nc1-c1ccc3ccc4ccccc4c3c1)oc1ccccc12. The Morgan fingerprint density at radius 2 is 0.964 bits per heavy atom. The molecule has 0 spiro atoms. The van der Waals surface area contributed by atoms with Crippen molar-refractivity contribution < 1.29 is 4.42 Å². The van der Waals surface area contributed by atoms with Crippen LogP contribution in [0.25, 0.3) is 126 Å². The molecule has 0 saturated carbocycles. The van der Waals surface area contributed by atoms with E-state index in [1.54, 1.807) is 0 Å². The van der Waals surface area contributed by atoms with Gasteiger partial charge in [-0.15, -0.1) is 0 Å². The van der Waals surface area contributed by atoms with Gasteiger partial charge in [-0.1, -0.05) is 140 Å². The summed E-state index contributed by atoms with van der Waals surface area (Å²) in [6.07, 6.45) is 0. The van der Waals surface area contributed by atoms with Gasteiger partial charge in [-0.3, -0.25) is 4.57 Å². The minimum absolute atomic E-state index is 0.525. The van der Waals surface area contributed by atoms with Gasteiger partial charge >= 0.3 is 0 Å². The summed E-state index contributed by atoms with van der Waals surface area (Å²) >= 11 is 0. The number of furan rings is 1. The number of para-hydroxylation sites is 1. The van der Waals surface area contributed by atoms with E-state index in [1.165, 1.54) is 75.4 Å². The molecule has 56 heavy (non-hydrogen) atoms. The highest BCUT2D eigenvalue weighted by molar-refractivity contribution is 6.36. The van der Waals surface area contributed by atoms with Gasteiger partial charge in [0.1, 0.15) is 16.8 Å². The van der Waals surface area contributed by atoms with E-state index in [9.17, 15) is 0 Å². The Bertz CT molecular complexity index is 3800. The van der Waals surface area contributed by atoms with Gasteiger partial charge in [0.2, 0.25) is 5.71 Å². The summed E-state index contributed by atoms with van der Waals surface area (Å²) in [6.45, 7) is 0. The van der Waals surface area contributed by atoms with Crippen LogP contribution < -0.4 is 0 Å². The highest BCUT2D eigenvalue weighted by Gasteiger charge is 2.24. The molecular weight excluding hydrogens is 683 g/mol. The first kappa shape index (κ1) is 29.8. The van der Waals surface area contributed by atoms with Crippen LogP contribution in [0.5, 0.6) is 0 Å². The minimum atomic E-state index is 0.525. The number of hydrogen-bond acceptors (Lipinski definition) is 3. The maximum atomic E-state index is 6.44. The van der Waals surface area contributed by atoms with E-state index < -0.39 is 0 Å². The molecule has 3 heterocycles. The molecular formula is C52H29N3O. The van der Waals surface area contributed by atoms with Crippen molar-refractivity contribution in [2.75, 3.05) is 0 Å². The molecule has 0 bridgehead atoms. The average molecular weight is 712 g/mol. The Labute approximate surface area is 319 Å². The summed E-state index contributed by atoms with van der Waals surface area (Å²) < 4.78 is 8.80. The van der Waals surface area contributed by atoms with Crippen LogP contribution in [0.1, 0.15) is 0 Å². The fraction of sp³-hybridized carbons (Fsp3) is 0. The van der Waals surface area contributed by atoms with E-state index in [2.05, 4.69) is 162 Å². The molecule has 4 heteroatoms. The molecule has 0 radical (unpaired) electrons. The predicted molar refractivity (Wildman–Crippen MR) is 234 cm³/mol. The Hall–Kier alpha value is -7.56. The molecule has 13 rings (SSSR count). The molecule has 0 aliphatic carbocycles. The summed E-state index contributed by atoms with van der Waals surface area (Å²) in [5, 5.41) is 18.0. The molecule has 0 amide bonds. The summed E-state index contributed by atoms with van der Waals surface area (Å²) in [6, 6.07) is 63.3. The van der Waals surface area contributed by atoms with E-state index in [-0.39, 0.29) is 0 Å². The average Bonchev–Trinajstić information content (AvgIpc) is 3.79. The van der Waals surface area contributed by atoms with Crippen molar-refractivity contribution in [1.29, 1.82) is 0 Å². The van der Waals surface area contributed by atoms with Crippen molar-refractivity contribution in [2.45, 2.75) is 0 Å². The standard InChI is InChI=1S/C52H29N3O/c1-2-13-33-29-45-43(27-32(33)12-1)48-44(26-25-40-38-17-6-5-15-36(38)37-16-7-8-18-39(37)47(40)48)55(45)51-49(54-52-50(53-51)41-19-9-10-20-46(41)56-52)34-24-23-31-22-21-30-11-3-4-14-35(30)42(31)28-34/h1-29H. The Morgan fingerprint density at radius 3 is 1.75 bits per heavy atom. The summed E-state index contributed by atoms with van der Waals surface area (Å²) in [4.78, 5) is 11.0. The zero-order valence-corrected chi connectivity index (χ0v) is 30.0. The number of rotatable bonds is 2. The van der Waals surface area contributed by atoms with Gasteiger partial charge in [-0.05, 0) is 95.6 Å². The highest BCUT2D eigenvalue weighted by atomic mass is 16.3. The predicted octanol–water partition coefficient (Wildman–Crippen LogP) is 14.1. The molecule has 0 N–H and O–H groups in total. The van der Waals surface area contributed by atoms with E-state index in [0.717, 1.165) is 44.6 Å². The Kier molecular flexibility index (Phi) is 5.86. The molecule has 13 aromatic rings. The molecule has 0 aliphatic heterocycles. The lowest BCUT2D eigenvalue weighted by molar-refractivity contribution is 0.653. The normalized spacial score (nSPS) is 12.3. The fourth-order valence-corrected chi connectivity index (χ4v) is 9.43. The summed E-state index contributed by atoms with van der Waals surface area (Å²) in [7, 11) is 0. The quantitative estimate of drug-likeness (QED) is 0.168. The van der Waals surface area contributed by atoms with Crippen LogP contribution in [0.15, 0.2) is 180 Å². The number of benzene rings is 10. The second-order valence-corrected chi connectivity index (χ2v) is 14.9. The Morgan fingerprint density at radius 1 is 0.375 bits per heavy atom. The second kappa shape index (κ2) is 11.0. The van der Waals surface area contributed by atoms with Gasteiger partial charge in [0.15, 0.2) is 5.82 Å². The maximum absolute atomic E-state index is 6.44. The minimum Gasteiger partial charge on any atom is -0.436 e. The lowest BCUT2D eigenvalue weighted by Gasteiger charge is -2.14. The fourth-order valence-electron chi connectivity index (χ4n) is 9.43. The summed E-state index contributed by atoms with van der Waals surface area (Å²) in [5.74, 6) is 0.767. The second-order valence-electron chi connectivity index (χ2n) is 14.9. The monoisotopic (exact) mass is 711 g/mol. The first-order chi connectivity index (χ1) is 27.8. The zero-order chi connectivity index (χ0) is 36.5. The third-order valence-corrected chi connectivity index (χ3v) is 11.9. The topological polar surface area (TPSA) is 43.9 Å². The van der Waals surface area contributed by atoms with Crippen LogP contribution in [0.4, 0.5) is 0 Å². The van der Waals surface area contributed by atoms with E-state index in [1.807, 2.05) is 18.2 Å². The van der Waals surface area contributed by atoms with Crippen LogP contribution in [-0.2, 0) is 0 Å². The smallest absolute Gasteiger partial charge is 0.247 e. The third-order valence-electron chi connectivity index (χ3n) is 11.9. The van der Waals surface area contributed by atoms with Gasteiger partial charge in [-0.2, -0.15) is 0 Å². The van der Waals surface area contributed by atoms with E-state index in [0.29, 0.717) is 5.71 Å². The molecule has 0 atom stereocenters.